The summed E-state index contributed by atoms with van der Waals surface area (Å²) in [6.45, 7) is 3.83. The van der Waals surface area contributed by atoms with Gasteiger partial charge in [0.15, 0.2) is 0 Å². The third-order valence-corrected chi connectivity index (χ3v) is 3.00. The maximum Gasteiger partial charge on any atom is 0.339 e. The summed E-state index contributed by atoms with van der Waals surface area (Å²) < 4.78 is 21.1. The molecule has 0 aromatic carbocycles. The van der Waals surface area contributed by atoms with E-state index in [-0.39, 0.29) is 31.8 Å². The second-order valence-electron chi connectivity index (χ2n) is 2.07. The molecule has 0 rings (SSSR count). The van der Waals surface area contributed by atoms with Gasteiger partial charge in [-0.15, -0.1) is 12.4 Å². The van der Waals surface area contributed by atoms with Crippen LogP contribution in [0, 0.1) is 0 Å². The van der Waals surface area contributed by atoms with Crippen molar-refractivity contribution in [2.24, 2.45) is 5.73 Å². The van der Waals surface area contributed by atoms with Crippen molar-refractivity contribution in [3.63, 3.8) is 0 Å². The van der Waals surface area contributed by atoms with Crippen LogP contribution in [0.1, 0.15) is 13.8 Å². The molecule has 0 fully saturated rings. The summed E-state index contributed by atoms with van der Waals surface area (Å²) >= 11 is 0. The van der Waals surface area contributed by atoms with E-state index >= 15 is 0 Å². The quantitative estimate of drug-likeness (QED) is 0.696. The predicted octanol–water partition coefficient (Wildman–Crippen LogP) is 1.16. The van der Waals surface area contributed by atoms with Crippen molar-refractivity contribution >= 4 is 25.9 Å². The Morgan fingerprint density at radius 2 is 1.69 bits per heavy atom. The lowest BCUT2D eigenvalue weighted by molar-refractivity contribution is -0.115. The molecule has 0 aromatic heterocycles. The molecular formula is C6H15ClNO4P. The maximum absolute atomic E-state index is 11.5. The van der Waals surface area contributed by atoms with Gasteiger partial charge in [0, 0.05) is 0 Å². The van der Waals surface area contributed by atoms with Crippen LogP contribution < -0.4 is 5.73 Å². The van der Waals surface area contributed by atoms with Gasteiger partial charge < -0.3 is 14.8 Å². The SMILES string of the molecule is CCOP(=O)(CC(N)=O)OCC.Cl. The Bertz CT molecular complexity index is 189. The molecule has 1 amide bonds. The van der Waals surface area contributed by atoms with E-state index in [2.05, 4.69) is 0 Å². The number of primary amides is 1. The first-order valence-corrected chi connectivity index (χ1v) is 5.43. The van der Waals surface area contributed by atoms with Crippen LogP contribution in [-0.4, -0.2) is 25.3 Å². The summed E-state index contributed by atoms with van der Waals surface area (Å²) in [7, 11) is -3.25. The van der Waals surface area contributed by atoms with Gasteiger partial charge in [0.1, 0.15) is 6.16 Å². The molecular weight excluding hydrogens is 216 g/mol. The second-order valence-corrected chi connectivity index (χ2v) is 4.13. The Hall–Kier alpha value is -0.0900. The van der Waals surface area contributed by atoms with E-state index in [1.807, 2.05) is 0 Å². The molecule has 0 spiro atoms. The number of halogens is 1. The topological polar surface area (TPSA) is 78.6 Å². The number of carbonyl (C=O) groups excluding carboxylic acids is 1. The molecule has 80 valence electrons. The number of nitrogens with two attached hydrogens (primary N) is 1. The highest BCUT2D eigenvalue weighted by molar-refractivity contribution is 7.54. The highest BCUT2D eigenvalue weighted by atomic mass is 35.5. The monoisotopic (exact) mass is 231 g/mol. The molecule has 0 radical (unpaired) electrons. The van der Waals surface area contributed by atoms with Crippen LogP contribution >= 0.6 is 20.0 Å². The van der Waals surface area contributed by atoms with Crippen molar-refractivity contribution in [2.75, 3.05) is 19.4 Å². The summed E-state index contributed by atoms with van der Waals surface area (Å²) in [5.74, 6) is -0.680. The fourth-order valence-electron chi connectivity index (χ4n) is 0.713. The van der Waals surface area contributed by atoms with Gasteiger partial charge in [-0.05, 0) is 13.8 Å². The number of carbonyl (C=O) groups is 1. The lowest BCUT2D eigenvalue weighted by atomic mass is 10.8. The van der Waals surface area contributed by atoms with E-state index in [9.17, 15) is 9.36 Å². The van der Waals surface area contributed by atoms with Crippen LogP contribution in [0.4, 0.5) is 0 Å². The van der Waals surface area contributed by atoms with Gasteiger partial charge in [0.05, 0.1) is 13.2 Å². The molecule has 0 unspecified atom stereocenters. The summed E-state index contributed by atoms with van der Waals surface area (Å²) in [6.07, 6.45) is -0.353. The maximum atomic E-state index is 11.5. The van der Waals surface area contributed by atoms with Gasteiger partial charge in [-0.3, -0.25) is 9.36 Å². The Morgan fingerprint density at radius 3 is 1.92 bits per heavy atom. The van der Waals surface area contributed by atoms with Crippen LogP contribution in [0.15, 0.2) is 0 Å². The molecule has 0 bridgehead atoms. The Balaban J connectivity index is 0. The van der Waals surface area contributed by atoms with Crippen LogP contribution in [0.2, 0.25) is 0 Å². The fourth-order valence-corrected chi connectivity index (χ4v) is 2.14. The normalized spacial score (nSPS) is 10.6. The van der Waals surface area contributed by atoms with Gasteiger partial charge in [-0.2, -0.15) is 0 Å². The molecule has 7 heteroatoms. The predicted molar refractivity (Wildman–Crippen MR) is 52.2 cm³/mol. The van der Waals surface area contributed by atoms with E-state index in [0.717, 1.165) is 0 Å². The highest BCUT2D eigenvalue weighted by Crippen LogP contribution is 2.47. The number of hydrogen-bond donors (Lipinski definition) is 1. The first kappa shape index (κ1) is 15.4. The molecule has 2 N–H and O–H groups in total. The van der Waals surface area contributed by atoms with Gasteiger partial charge in [-0.1, -0.05) is 0 Å². The van der Waals surface area contributed by atoms with Crippen molar-refractivity contribution in [3.8, 4) is 0 Å². The standard InChI is InChI=1S/C6H14NO4P.ClH/c1-3-10-12(9,11-4-2)5-6(7)8;/h3-5H2,1-2H3,(H2,7,8);1H. The average molecular weight is 232 g/mol. The molecule has 0 saturated carbocycles. The summed E-state index contributed by atoms with van der Waals surface area (Å²) in [6, 6.07) is 0. The Morgan fingerprint density at radius 1 is 1.31 bits per heavy atom. The molecule has 5 nitrogen and oxygen atoms in total. The third kappa shape index (κ3) is 7.02. The summed E-state index contributed by atoms with van der Waals surface area (Å²) in [4.78, 5) is 10.5. The lowest BCUT2D eigenvalue weighted by Crippen LogP contribution is -2.18. The van der Waals surface area contributed by atoms with E-state index in [0.29, 0.717) is 0 Å². The zero-order chi connectivity index (χ0) is 9.61. The molecule has 0 atom stereocenters. The fraction of sp³-hybridized carbons (Fsp3) is 0.833. The zero-order valence-corrected chi connectivity index (χ0v) is 9.40. The molecule has 0 aliphatic carbocycles. The van der Waals surface area contributed by atoms with Crippen molar-refractivity contribution in [2.45, 2.75) is 13.8 Å². The van der Waals surface area contributed by atoms with E-state index in [4.69, 9.17) is 14.8 Å². The van der Waals surface area contributed by atoms with Crippen molar-refractivity contribution < 1.29 is 18.4 Å². The molecule has 0 saturated heterocycles. The number of rotatable bonds is 6. The molecule has 0 heterocycles. The van der Waals surface area contributed by atoms with Gasteiger partial charge in [0.25, 0.3) is 0 Å². The average Bonchev–Trinajstić information content (AvgIpc) is 1.85. The summed E-state index contributed by atoms with van der Waals surface area (Å²) in [5.41, 5.74) is 4.87. The van der Waals surface area contributed by atoms with Crippen LogP contribution in [0.25, 0.3) is 0 Å². The van der Waals surface area contributed by atoms with Crippen LogP contribution in [-0.2, 0) is 18.4 Å². The minimum atomic E-state index is -3.25. The largest absolute Gasteiger partial charge is 0.369 e. The van der Waals surface area contributed by atoms with Crippen molar-refractivity contribution in [1.82, 2.24) is 0 Å². The third-order valence-electron chi connectivity index (χ3n) is 1.00. The Kier molecular flexibility index (Phi) is 8.67. The first-order chi connectivity index (χ1) is 5.54. The number of hydrogen-bond acceptors (Lipinski definition) is 4. The lowest BCUT2D eigenvalue weighted by Gasteiger charge is -2.14. The summed E-state index contributed by atoms with van der Waals surface area (Å²) in [5, 5.41) is 0. The highest BCUT2D eigenvalue weighted by Gasteiger charge is 2.25. The van der Waals surface area contributed by atoms with Crippen molar-refractivity contribution in [1.29, 1.82) is 0 Å². The zero-order valence-electron chi connectivity index (χ0n) is 7.69. The van der Waals surface area contributed by atoms with Gasteiger partial charge >= 0.3 is 7.60 Å². The van der Waals surface area contributed by atoms with E-state index < -0.39 is 13.5 Å². The van der Waals surface area contributed by atoms with Crippen LogP contribution in [0.3, 0.4) is 0 Å². The molecule has 0 aliphatic heterocycles. The first-order valence-electron chi connectivity index (χ1n) is 3.70. The van der Waals surface area contributed by atoms with Crippen LogP contribution in [0.5, 0.6) is 0 Å². The van der Waals surface area contributed by atoms with E-state index in [1.165, 1.54) is 0 Å². The van der Waals surface area contributed by atoms with Crippen molar-refractivity contribution in [3.05, 3.63) is 0 Å². The van der Waals surface area contributed by atoms with Gasteiger partial charge in [-0.25, -0.2) is 0 Å². The number of amides is 1. The minimum absolute atomic E-state index is 0. The molecule has 0 aromatic rings. The molecule has 0 aliphatic rings. The van der Waals surface area contributed by atoms with Gasteiger partial charge in [0.2, 0.25) is 5.91 Å². The molecule has 13 heavy (non-hydrogen) atoms. The Labute approximate surface area is 83.9 Å². The minimum Gasteiger partial charge on any atom is -0.369 e. The second kappa shape index (κ2) is 7.33. The van der Waals surface area contributed by atoms with E-state index in [1.54, 1.807) is 13.8 Å². The smallest absolute Gasteiger partial charge is 0.339 e.